The lowest BCUT2D eigenvalue weighted by atomic mass is 9.30. The molecule has 0 bridgehead atoms. The van der Waals surface area contributed by atoms with Crippen molar-refractivity contribution in [3.63, 3.8) is 0 Å². The molecule has 0 saturated heterocycles. The number of nitrogen functional groups attached to an aromatic ring is 1. The Hall–Kier alpha value is -1.22. The van der Waals surface area contributed by atoms with Crippen molar-refractivity contribution in [1.29, 1.82) is 0 Å². The Morgan fingerprint density at radius 2 is 1.89 bits per heavy atom. The van der Waals surface area contributed by atoms with Crippen molar-refractivity contribution in [2.45, 2.75) is 38.9 Å². The number of hydrogen-bond acceptors (Lipinski definition) is 2. The minimum Gasteiger partial charge on any atom is -0.398 e. The van der Waals surface area contributed by atoms with Crippen LogP contribution in [0.5, 0.6) is 0 Å². The van der Waals surface area contributed by atoms with Crippen molar-refractivity contribution < 1.29 is 0 Å². The molecule has 0 saturated carbocycles. The van der Waals surface area contributed by atoms with Crippen molar-refractivity contribution in [2.75, 3.05) is 5.73 Å². The number of benzene rings is 1. The Labute approximate surface area is 119 Å². The van der Waals surface area contributed by atoms with Crippen molar-refractivity contribution in [2.24, 2.45) is 0 Å². The summed E-state index contributed by atoms with van der Waals surface area (Å²) in [6, 6.07) is 8.86. The summed E-state index contributed by atoms with van der Waals surface area (Å²) in [4.78, 5) is 1.45. The fourth-order valence-corrected chi connectivity index (χ4v) is 4.64. The molecule has 1 aromatic heterocycles. The first-order valence-corrected chi connectivity index (χ1v) is 7.79. The quantitative estimate of drug-likeness (QED) is 0.791. The second-order valence-corrected chi connectivity index (χ2v) is 7.25. The molecule has 1 nitrogen and oxygen atoms in total. The van der Waals surface area contributed by atoms with Gasteiger partial charge in [-0.15, -0.1) is 11.3 Å². The van der Waals surface area contributed by atoms with E-state index in [4.69, 9.17) is 5.73 Å². The van der Waals surface area contributed by atoms with Crippen LogP contribution in [0.1, 0.15) is 38.1 Å². The number of nitrogens with two attached hydrogens (primary N) is 1. The van der Waals surface area contributed by atoms with E-state index in [1.807, 2.05) is 11.3 Å². The van der Waals surface area contributed by atoms with E-state index in [9.17, 15) is 0 Å². The third-order valence-electron chi connectivity index (χ3n) is 4.37. The zero-order valence-corrected chi connectivity index (χ0v) is 12.8. The first-order valence-electron chi connectivity index (χ1n) is 6.91. The van der Waals surface area contributed by atoms with Crippen LogP contribution in [0.25, 0.3) is 0 Å². The molecule has 0 amide bonds. The highest BCUT2D eigenvalue weighted by Crippen LogP contribution is 2.39. The molecule has 0 spiro atoms. The van der Waals surface area contributed by atoms with Crippen LogP contribution in [-0.4, -0.2) is 6.71 Å². The third kappa shape index (κ3) is 1.68. The molecule has 0 aliphatic carbocycles. The van der Waals surface area contributed by atoms with Gasteiger partial charge in [-0.05, 0) is 11.0 Å². The Balaban J connectivity index is 2.35. The SMILES string of the molecule is CC(C)B1c2ccccc2C(C)(C)c2scc(N)c21. The van der Waals surface area contributed by atoms with E-state index >= 15 is 0 Å². The number of rotatable bonds is 1. The fraction of sp³-hybridized carbons (Fsp3) is 0.375. The molecule has 2 aromatic rings. The summed E-state index contributed by atoms with van der Waals surface area (Å²) in [6.07, 6.45) is 0. The summed E-state index contributed by atoms with van der Waals surface area (Å²) < 4.78 is 0. The molecular weight excluding hydrogens is 249 g/mol. The lowest BCUT2D eigenvalue weighted by molar-refractivity contribution is 0.659. The van der Waals surface area contributed by atoms with Gasteiger partial charge in [0.25, 0.3) is 0 Å². The van der Waals surface area contributed by atoms with Crippen LogP contribution in [0, 0.1) is 0 Å². The highest BCUT2D eigenvalue weighted by atomic mass is 32.1. The second kappa shape index (κ2) is 4.14. The molecule has 3 rings (SSSR count). The predicted molar refractivity (Wildman–Crippen MR) is 87.4 cm³/mol. The summed E-state index contributed by atoms with van der Waals surface area (Å²) in [5, 5.41) is 2.12. The first-order chi connectivity index (χ1) is 8.94. The maximum absolute atomic E-state index is 6.28. The Kier molecular flexibility index (Phi) is 2.79. The topological polar surface area (TPSA) is 26.0 Å². The van der Waals surface area contributed by atoms with Crippen molar-refractivity contribution >= 4 is 34.7 Å². The van der Waals surface area contributed by atoms with Gasteiger partial charge in [-0.1, -0.05) is 63.2 Å². The van der Waals surface area contributed by atoms with E-state index in [2.05, 4.69) is 57.3 Å². The normalized spacial score (nSPS) is 16.4. The third-order valence-corrected chi connectivity index (χ3v) is 5.71. The maximum atomic E-state index is 6.28. The van der Waals surface area contributed by atoms with Gasteiger partial charge in [-0.2, -0.15) is 0 Å². The van der Waals surface area contributed by atoms with Crippen LogP contribution in [0.4, 0.5) is 5.69 Å². The van der Waals surface area contributed by atoms with Gasteiger partial charge in [-0.25, -0.2) is 0 Å². The molecular formula is C16H20BNS. The zero-order valence-electron chi connectivity index (χ0n) is 12.0. The lowest BCUT2D eigenvalue weighted by Crippen LogP contribution is -2.55. The number of fused-ring (bicyclic) bond motifs is 2. The highest BCUT2D eigenvalue weighted by Gasteiger charge is 2.42. The van der Waals surface area contributed by atoms with Gasteiger partial charge in [0.05, 0.1) is 0 Å². The minimum absolute atomic E-state index is 0.0691. The van der Waals surface area contributed by atoms with Gasteiger partial charge in [0.2, 0.25) is 6.71 Å². The Morgan fingerprint density at radius 3 is 2.58 bits per heavy atom. The number of thiophene rings is 1. The number of anilines is 1. The van der Waals surface area contributed by atoms with E-state index < -0.39 is 0 Å². The summed E-state index contributed by atoms with van der Waals surface area (Å²) in [5.74, 6) is 0.563. The van der Waals surface area contributed by atoms with E-state index in [-0.39, 0.29) is 5.41 Å². The van der Waals surface area contributed by atoms with Gasteiger partial charge in [0.1, 0.15) is 0 Å². The summed E-state index contributed by atoms with van der Waals surface area (Å²) in [7, 11) is 0. The molecule has 0 radical (unpaired) electrons. The van der Waals surface area contributed by atoms with E-state index in [0.717, 1.165) is 5.69 Å². The van der Waals surface area contributed by atoms with Crippen LogP contribution in [-0.2, 0) is 5.41 Å². The average Bonchev–Trinajstić information content (AvgIpc) is 2.73. The van der Waals surface area contributed by atoms with Crippen molar-refractivity contribution in [1.82, 2.24) is 0 Å². The summed E-state index contributed by atoms with van der Waals surface area (Å²) in [5.41, 5.74) is 11.6. The van der Waals surface area contributed by atoms with Crippen LogP contribution >= 0.6 is 11.3 Å². The van der Waals surface area contributed by atoms with Gasteiger partial charge >= 0.3 is 0 Å². The molecule has 19 heavy (non-hydrogen) atoms. The van der Waals surface area contributed by atoms with E-state index in [1.165, 1.54) is 21.4 Å². The molecule has 0 unspecified atom stereocenters. The van der Waals surface area contributed by atoms with Gasteiger partial charge in [0, 0.05) is 21.4 Å². The van der Waals surface area contributed by atoms with E-state index in [0.29, 0.717) is 12.5 Å². The molecule has 98 valence electrons. The van der Waals surface area contributed by atoms with Crippen LogP contribution < -0.4 is 16.7 Å². The van der Waals surface area contributed by atoms with Gasteiger partial charge < -0.3 is 5.73 Å². The smallest absolute Gasteiger partial charge is 0.216 e. The standard InChI is InChI=1S/C16H20BNS/c1-10(2)17-12-8-6-5-7-11(12)16(3,4)15-14(17)13(18)9-19-15/h5-10H,18H2,1-4H3. The van der Waals surface area contributed by atoms with Crippen LogP contribution in [0.2, 0.25) is 5.82 Å². The molecule has 2 N–H and O–H groups in total. The fourth-order valence-electron chi connectivity index (χ4n) is 3.49. The van der Waals surface area contributed by atoms with Crippen molar-refractivity contribution in [3.8, 4) is 0 Å². The summed E-state index contributed by atoms with van der Waals surface area (Å²) in [6.45, 7) is 9.65. The molecule has 1 aliphatic rings. The molecule has 2 heterocycles. The molecule has 1 aliphatic heterocycles. The van der Waals surface area contributed by atoms with Gasteiger partial charge in [-0.3, -0.25) is 0 Å². The number of hydrogen-bond donors (Lipinski definition) is 1. The second-order valence-electron chi connectivity index (χ2n) is 6.37. The Bertz CT molecular complexity index is 627. The largest absolute Gasteiger partial charge is 0.398 e. The van der Waals surface area contributed by atoms with Crippen LogP contribution in [0.3, 0.4) is 0 Å². The Morgan fingerprint density at radius 1 is 1.21 bits per heavy atom. The zero-order chi connectivity index (χ0) is 13.8. The van der Waals surface area contributed by atoms with E-state index in [1.54, 1.807) is 0 Å². The molecule has 3 heteroatoms. The van der Waals surface area contributed by atoms with Crippen molar-refractivity contribution in [3.05, 3.63) is 40.1 Å². The lowest BCUT2D eigenvalue weighted by Gasteiger charge is -2.37. The first kappa shape index (κ1) is 12.8. The maximum Gasteiger partial charge on any atom is 0.216 e. The minimum atomic E-state index is 0.0691. The monoisotopic (exact) mass is 269 g/mol. The molecule has 0 fully saturated rings. The molecule has 1 aromatic carbocycles. The summed E-state index contributed by atoms with van der Waals surface area (Å²) >= 11 is 1.82. The van der Waals surface area contributed by atoms with Crippen LogP contribution in [0.15, 0.2) is 29.6 Å². The van der Waals surface area contributed by atoms with Gasteiger partial charge in [0.15, 0.2) is 0 Å². The predicted octanol–water partition coefficient (Wildman–Crippen LogP) is 2.99. The average molecular weight is 269 g/mol. The highest BCUT2D eigenvalue weighted by molar-refractivity contribution is 7.13. The molecule has 0 atom stereocenters.